The van der Waals surface area contributed by atoms with E-state index >= 15 is 0 Å². The summed E-state index contributed by atoms with van der Waals surface area (Å²) in [5, 5.41) is 3.36. The summed E-state index contributed by atoms with van der Waals surface area (Å²) in [5.41, 5.74) is 5.11. The van der Waals surface area contributed by atoms with Gasteiger partial charge in [-0.1, -0.05) is 13.3 Å². The maximum absolute atomic E-state index is 11.6. The summed E-state index contributed by atoms with van der Waals surface area (Å²) in [7, 11) is 0. The van der Waals surface area contributed by atoms with E-state index in [0.29, 0.717) is 6.04 Å². The summed E-state index contributed by atoms with van der Waals surface area (Å²) in [5.74, 6) is 0.609. The highest BCUT2D eigenvalue weighted by molar-refractivity contribution is 5.84. The Morgan fingerprint density at radius 2 is 2.00 bits per heavy atom. The van der Waals surface area contributed by atoms with Gasteiger partial charge in [0.05, 0.1) is 5.54 Å². The maximum atomic E-state index is 11.6. The van der Waals surface area contributed by atoms with E-state index in [1.807, 2.05) is 0 Å². The van der Waals surface area contributed by atoms with Crippen molar-refractivity contribution in [2.24, 2.45) is 11.7 Å². The van der Waals surface area contributed by atoms with Gasteiger partial charge in [-0.15, -0.1) is 0 Å². The second-order valence-electron chi connectivity index (χ2n) is 5.10. The molecule has 0 unspecified atom stereocenters. The lowest BCUT2D eigenvalue weighted by molar-refractivity contribution is -0.126. The first-order valence-electron chi connectivity index (χ1n) is 6.08. The van der Waals surface area contributed by atoms with Crippen molar-refractivity contribution in [1.29, 1.82) is 0 Å². The lowest BCUT2D eigenvalue weighted by Crippen LogP contribution is -2.59. The Labute approximate surface area is 92.8 Å². The van der Waals surface area contributed by atoms with Crippen molar-refractivity contribution in [2.45, 2.75) is 64.5 Å². The molecule has 1 aliphatic rings. The molecule has 0 aromatic carbocycles. The molecule has 0 saturated heterocycles. The van der Waals surface area contributed by atoms with Crippen LogP contribution in [0, 0.1) is 5.92 Å². The molecule has 3 N–H and O–H groups in total. The fraction of sp³-hybridized carbons (Fsp3) is 0.917. The van der Waals surface area contributed by atoms with Gasteiger partial charge in [-0.2, -0.15) is 0 Å². The molecule has 1 aliphatic carbocycles. The Morgan fingerprint density at radius 1 is 1.47 bits per heavy atom. The Bertz CT molecular complexity index is 218. The molecule has 0 bridgehead atoms. The number of hydrogen-bond acceptors (Lipinski definition) is 2. The molecule has 1 saturated carbocycles. The Kier molecular flexibility index (Phi) is 4.14. The smallest absolute Gasteiger partial charge is 0.237 e. The molecule has 1 fully saturated rings. The van der Waals surface area contributed by atoms with Crippen LogP contribution < -0.4 is 11.1 Å². The molecular formula is C12H24N2O. The number of nitrogens with one attached hydrogen (secondary N) is 1. The number of amides is 1. The van der Waals surface area contributed by atoms with Crippen LogP contribution in [0.25, 0.3) is 0 Å². The van der Waals surface area contributed by atoms with Crippen LogP contribution in [-0.2, 0) is 4.79 Å². The quantitative estimate of drug-likeness (QED) is 0.746. The molecule has 0 aliphatic heterocycles. The van der Waals surface area contributed by atoms with Crippen molar-refractivity contribution in [3.05, 3.63) is 0 Å². The summed E-state index contributed by atoms with van der Waals surface area (Å²) >= 11 is 0. The highest BCUT2D eigenvalue weighted by Gasteiger charge is 2.39. The van der Waals surface area contributed by atoms with Crippen LogP contribution in [0.2, 0.25) is 0 Å². The van der Waals surface area contributed by atoms with Crippen molar-refractivity contribution in [1.82, 2.24) is 5.32 Å². The largest absolute Gasteiger partial charge is 0.368 e. The van der Waals surface area contributed by atoms with E-state index in [9.17, 15) is 4.79 Å². The SMILES string of the molecule is CCC1CCC(NC(C)C)(C(N)=O)CC1. The number of nitrogens with two attached hydrogens (primary N) is 1. The van der Waals surface area contributed by atoms with Gasteiger partial charge in [-0.05, 0) is 45.4 Å². The van der Waals surface area contributed by atoms with Crippen molar-refractivity contribution < 1.29 is 4.79 Å². The van der Waals surface area contributed by atoms with Crippen molar-refractivity contribution in [2.75, 3.05) is 0 Å². The number of rotatable bonds is 4. The van der Waals surface area contributed by atoms with Crippen LogP contribution in [0.3, 0.4) is 0 Å². The zero-order valence-electron chi connectivity index (χ0n) is 10.2. The zero-order chi connectivity index (χ0) is 11.5. The number of primary amides is 1. The molecule has 3 heteroatoms. The Balaban J connectivity index is 2.65. The topological polar surface area (TPSA) is 55.1 Å². The second-order valence-corrected chi connectivity index (χ2v) is 5.10. The van der Waals surface area contributed by atoms with Crippen molar-refractivity contribution in [3.63, 3.8) is 0 Å². The van der Waals surface area contributed by atoms with Crippen LogP contribution in [0.15, 0.2) is 0 Å². The van der Waals surface area contributed by atoms with Gasteiger partial charge in [0.2, 0.25) is 5.91 Å². The summed E-state index contributed by atoms with van der Waals surface area (Å²) in [6.45, 7) is 6.35. The first-order valence-corrected chi connectivity index (χ1v) is 6.08. The number of carbonyl (C=O) groups is 1. The van der Waals surface area contributed by atoms with Crippen molar-refractivity contribution in [3.8, 4) is 0 Å². The third-order valence-corrected chi connectivity index (χ3v) is 3.57. The van der Waals surface area contributed by atoms with Crippen molar-refractivity contribution >= 4 is 5.91 Å². The lowest BCUT2D eigenvalue weighted by atomic mass is 9.75. The third kappa shape index (κ3) is 2.94. The minimum absolute atomic E-state index is 0.175. The van der Waals surface area contributed by atoms with E-state index < -0.39 is 5.54 Å². The molecule has 0 aromatic rings. The predicted molar refractivity (Wildman–Crippen MR) is 62.4 cm³/mol. The molecular weight excluding hydrogens is 188 g/mol. The number of carbonyl (C=O) groups excluding carboxylic acids is 1. The summed E-state index contributed by atoms with van der Waals surface area (Å²) in [4.78, 5) is 11.6. The van der Waals surface area contributed by atoms with Gasteiger partial charge in [0, 0.05) is 6.04 Å². The van der Waals surface area contributed by atoms with E-state index in [1.165, 1.54) is 6.42 Å². The van der Waals surface area contributed by atoms with E-state index in [2.05, 4.69) is 26.1 Å². The van der Waals surface area contributed by atoms with Crippen LogP contribution in [-0.4, -0.2) is 17.5 Å². The van der Waals surface area contributed by atoms with Crippen LogP contribution in [0.5, 0.6) is 0 Å². The molecule has 1 rings (SSSR count). The molecule has 1 amide bonds. The van der Waals surface area contributed by atoms with E-state index in [0.717, 1.165) is 31.6 Å². The van der Waals surface area contributed by atoms with E-state index in [4.69, 9.17) is 5.73 Å². The zero-order valence-corrected chi connectivity index (χ0v) is 10.2. The molecule has 0 heterocycles. The average molecular weight is 212 g/mol. The average Bonchev–Trinajstić information content (AvgIpc) is 2.17. The highest BCUT2D eigenvalue weighted by atomic mass is 16.1. The Morgan fingerprint density at radius 3 is 2.33 bits per heavy atom. The lowest BCUT2D eigenvalue weighted by Gasteiger charge is -2.39. The molecule has 0 atom stereocenters. The van der Waals surface area contributed by atoms with Gasteiger partial charge in [-0.25, -0.2) is 0 Å². The standard InChI is InChI=1S/C12H24N2O/c1-4-10-5-7-12(8-6-10,11(13)15)14-9(2)3/h9-10,14H,4-8H2,1-3H3,(H2,13,15). The minimum Gasteiger partial charge on any atom is -0.368 e. The molecule has 15 heavy (non-hydrogen) atoms. The molecule has 0 radical (unpaired) electrons. The van der Waals surface area contributed by atoms with Gasteiger partial charge in [0.15, 0.2) is 0 Å². The highest BCUT2D eigenvalue weighted by Crippen LogP contribution is 2.33. The summed E-state index contributed by atoms with van der Waals surface area (Å²) in [6, 6.07) is 0.315. The molecule has 0 aromatic heterocycles. The van der Waals surface area contributed by atoms with Gasteiger partial charge >= 0.3 is 0 Å². The summed E-state index contributed by atoms with van der Waals surface area (Å²) in [6.07, 6.45) is 5.27. The summed E-state index contributed by atoms with van der Waals surface area (Å²) < 4.78 is 0. The van der Waals surface area contributed by atoms with Crippen LogP contribution in [0.4, 0.5) is 0 Å². The minimum atomic E-state index is -0.431. The normalized spacial score (nSPS) is 31.9. The second kappa shape index (κ2) is 4.97. The van der Waals surface area contributed by atoms with Gasteiger partial charge in [0.1, 0.15) is 0 Å². The molecule has 3 nitrogen and oxygen atoms in total. The van der Waals surface area contributed by atoms with Gasteiger partial charge < -0.3 is 11.1 Å². The van der Waals surface area contributed by atoms with Crippen LogP contribution >= 0.6 is 0 Å². The fourth-order valence-electron chi connectivity index (χ4n) is 2.59. The first-order chi connectivity index (χ1) is 7.00. The number of hydrogen-bond donors (Lipinski definition) is 2. The Hall–Kier alpha value is -0.570. The van der Waals surface area contributed by atoms with Crippen LogP contribution in [0.1, 0.15) is 52.9 Å². The third-order valence-electron chi connectivity index (χ3n) is 3.57. The monoisotopic (exact) mass is 212 g/mol. The predicted octanol–water partition coefficient (Wildman–Crippen LogP) is 1.81. The first kappa shape index (κ1) is 12.5. The van der Waals surface area contributed by atoms with E-state index in [1.54, 1.807) is 0 Å². The molecule has 0 spiro atoms. The maximum Gasteiger partial charge on any atom is 0.237 e. The molecule has 88 valence electrons. The van der Waals surface area contributed by atoms with E-state index in [-0.39, 0.29) is 5.91 Å². The fourth-order valence-corrected chi connectivity index (χ4v) is 2.59. The van der Waals surface area contributed by atoms with Gasteiger partial charge in [0.25, 0.3) is 0 Å². The van der Waals surface area contributed by atoms with Gasteiger partial charge in [-0.3, -0.25) is 4.79 Å².